The lowest BCUT2D eigenvalue weighted by Crippen LogP contribution is -1.94. The van der Waals surface area contributed by atoms with Crippen molar-refractivity contribution in [2.75, 3.05) is 0 Å². The first-order valence-corrected chi connectivity index (χ1v) is 4.78. The Morgan fingerprint density at radius 1 is 1.40 bits per heavy atom. The van der Waals surface area contributed by atoms with Crippen LogP contribution in [-0.4, -0.2) is 10.7 Å². The molecule has 0 aliphatic heterocycles. The molecule has 82 valence electrons. The molecule has 0 aromatic heterocycles. The quantitative estimate of drug-likeness (QED) is 0.427. The van der Waals surface area contributed by atoms with Gasteiger partial charge in [-0.3, -0.25) is 14.9 Å². The standard InChI is InChI=1S/C8H7NO3.C3H8/c1-6(10)7-3-2-4-8(5-7)9(11)12;1-3-2/h2-5H,1H3;3H2,1-2H3. The highest BCUT2D eigenvalue weighted by molar-refractivity contribution is 5.94. The largest absolute Gasteiger partial charge is 0.295 e. The SMILES string of the molecule is CC(=O)c1cccc([N+](=O)[O-])c1.CCC. The van der Waals surface area contributed by atoms with E-state index in [2.05, 4.69) is 13.8 Å². The van der Waals surface area contributed by atoms with Gasteiger partial charge in [-0.2, -0.15) is 0 Å². The van der Waals surface area contributed by atoms with E-state index in [9.17, 15) is 14.9 Å². The van der Waals surface area contributed by atoms with E-state index in [4.69, 9.17) is 0 Å². The van der Waals surface area contributed by atoms with Crippen molar-refractivity contribution in [1.29, 1.82) is 0 Å². The number of benzene rings is 1. The molecule has 4 heteroatoms. The number of hydrogen-bond acceptors (Lipinski definition) is 3. The maximum atomic E-state index is 10.8. The van der Waals surface area contributed by atoms with Gasteiger partial charge < -0.3 is 0 Å². The topological polar surface area (TPSA) is 60.2 Å². The van der Waals surface area contributed by atoms with Gasteiger partial charge in [-0.1, -0.05) is 32.4 Å². The summed E-state index contributed by atoms with van der Waals surface area (Å²) in [5.41, 5.74) is 0.312. The Kier molecular flexibility index (Phi) is 5.94. The predicted octanol–water partition coefficient (Wildman–Crippen LogP) is 3.21. The number of carbonyl (C=O) groups is 1. The minimum atomic E-state index is -0.521. The van der Waals surface area contributed by atoms with Crippen molar-refractivity contribution in [1.82, 2.24) is 0 Å². The summed E-state index contributed by atoms with van der Waals surface area (Å²) in [6.07, 6.45) is 1.25. The highest BCUT2D eigenvalue weighted by Gasteiger charge is 2.07. The van der Waals surface area contributed by atoms with Crippen LogP contribution >= 0.6 is 0 Å². The summed E-state index contributed by atoms with van der Waals surface area (Å²) in [5, 5.41) is 10.3. The van der Waals surface area contributed by atoms with Gasteiger partial charge in [0, 0.05) is 17.7 Å². The molecule has 0 N–H and O–H groups in total. The lowest BCUT2D eigenvalue weighted by atomic mass is 10.1. The fourth-order valence-corrected chi connectivity index (χ4v) is 0.838. The van der Waals surface area contributed by atoms with E-state index >= 15 is 0 Å². The van der Waals surface area contributed by atoms with Crippen LogP contribution in [0.5, 0.6) is 0 Å². The number of hydrogen-bond donors (Lipinski definition) is 0. The van der Waals surface area contributed by atoms with Crippen molar-refractivity contribution in [2.24, 2.45) is 0 Å². The second-order valence-electron chi connectivity index (χ2n) is 3.07. The van der Waals surface area contributed by atoms with E-state index in [1.165, 1.54) is 31.5 Å². The third-order valence-electron chi connectivity index (χ3n) is 1.46. The van der Waals surface area contributed by atoms with Crippen LogP contribution in [0.2, 0.25) is 0 Å². The average molecular weight is 209 g/mol. The number of Topliss-reactive ketones (excluding diaryl/α,β-unsaturated/α-hetero) is 1. The Labute approximate surface area is 89.1 Å². The molecule has 0 radical (unpaired) electrons. The summed E-state index contributed by atoms with van der Waals surface area (Å²) < 4.78 is 0. The van der Waals surface area contributed by atoms with Crippen molar-refractivity contribution in [3.8, 4) is 0 Å². The van der Waals surface area contributed by atoms with Crippen LogP contribution in [0, 0.1) is 10.1 Å². The van der Waals surface area contributed by atoms with E-state index in [0.29, 0.717) is 5.56 Å². The maximum absolute atomic E-state index is 10.8. The molecule has 0 bridgehead atoms. The highest BCUT2D eigenvalue weighted by Crippen LogP contribution is 2.12. The zero-order valence-corrected chi connectivity index (χ0v) is 9.19. The molecule has 1 aromatic carbocycles. The number of ketones is 1. The Morgan fingerprint density at radius 2 is 1.93 bits per heavy atom. The summed E-state index contributed by atoms with van der Waals surface area (Å²) in [7, 11) is 0. The molecule has 0 heterocycles. The van der Waals surface area contributed by atoms with Gasteiger partial charge >= 0.3 is 0 Å². The van der Waals surface area contributed by atoms with Gasteiger partial charge in [0.2, 0.25) is 0 Å². The second-order valence-corrected chi connectivity index (χ2v) is 3.07. The van der Waals surface area contributed by atoms with Gasteiger partial charge in [-0.05, 0) is 6.92 Å². The smallest absolute Gasteiger partial charge is 0.270 e. The normalized spacial score (nSPS) is 8.73. The van der Waals surface area contributed by atoms with Crippen LogP contribution in [0.1, 0.15) is 37.6 Å². The molecular formula is C11H15NO3. The first kappa shape index (κ1) is 13.3. The van der Waals surface area contributed by atoms with Crippen LogP contribution in [0.15, 0.2) is 24.3 Å². The summed E-state index contributed by atoms with van der Waals surface area (Å²) in [5.74, 6) is -0.168. The van der Waals surface area contributed by atoms with Crippen molar-refractivity contribution in [2.45, 2.75) is 27.2 Å². The molecule has 0 spiro atoms. The van der Waals surface area contributed by atoms with Crippen LogP contribution in [-0.2, 0) is 0 Å². The number of nitro groups is 1. The molecule has 0 saturated heterocycles. The first-order chi connectivity index (χ1) is 7.02. The van der Waals surface area contributed by atoms with Crippen molar-refractivity contribution < 1.29 is 9.72 Å². The van der Waals surface area contributed by atoms with Gasteiger partial charge in [-0.25, -0.2) is 0 Å². The first-order valence-electron chi connectivity index (χ1n) is 4.78. The Balaban J connectivity index is 0.000000583. The van der Waals surface area contributed by atoms with Crippen LogP contribution in [0.3, 0.4) is 0 Å². The lowest BCUT2D eigenvalue weighted by Gasteiger charge is -1.93. The lowest BCUT2D eigenvalue weighted by molar-refractivity contribution is -0.384. The molecule has 0 atom stereocenters. The molecule has 0 amide bonds. The molecule has 0 aliphatic rings. The minimum absolute atomic E-state index is 0.0531. The predicted molar refractivity (Wildman–Crippen MR) is 59.1 cm³/mol. The maximum Gasteiger partial charge on any atom is 0.270 e. The third-order valence-corrected chi connectivity index (χ3v) is 1.46. The Hall–Kier alpha value is -1.71. The monoisotopic (exact) mass is 209 g/mol. The molecule has 0 fully saturated rings. The van der Waals surface area contributed by atoms with E-state index < -0.39 is 4.92 Å². The molecule has 15 heavy (non-hydrogen) atoms. The zero-order valence-electron chi connectivity index (χ0n) is 9.19. The van der Waals surface area contributed by atoms with Crippen LogP contribution < -0.4 is 0 Å². The molecule has 0 saturated carbocycles. The zero-order chi connectivity index (χ0) is 11.8. The average Bonchev–Trinajstić information content (AvgIpc) is 2.19. The molecule has 1 rings (SSSR count). The van der Waals surface area contributed by atoms with Gasteiger partial charge in [0.05, 0.1) is 4.92 Å². The number of rotatable bonds is 2. The Bertz CT molecular complexity index is 318. The van der Waals surface area contributed by atoms with Gasteiger partial charge in [0.25, 0.3) is 5.69 Å². The third kappa shape index (κ3) is 4.90. The number of non-ortho nitro benzene ring substituents is 1. The van der Waals surface area contributed by atoms with E-state index in [1.807, 2.05) is 0 Å². The second kappa shape index (κ2) is 6.70. The van der Waals surface area contributed by atoms with Gasteiger partial charge in [-0.15, -0.1) is 0 Å². The molecule has 0 aliphatic carbocycles. The fraction of sp³-hybridized carbons (Fsp3) is 0.364. The van der Waals surface area contributed by atoms with Crippen molar-refractivity contribution in [3.05, 3.63) is 39.9 Å². The minimum Gasteiger partial charge on any atom is -0.295 e. The summed E-state index contributed by atoms with van der Waals surface area (Å²) in [6.45, 7) is 5.62. The van der Waals surface area contributed by atoms with Crippen molar-refractivity contribution >= 4 is 11.5 Å². The van der Waals surface area contributed by atoms with E-state index in [-0.39, 0.29) is 11.5 Å². The number of nitrogens with zero attached hydrogens (tertiary/aromatic N) is 1. The van der Waals surface area contributed by atoms with Crippen LogP contribution in [0.25, 0.3) is 0 Å². The van der Waals surface area contributed by atoms with Gasteiger partial charge in [0.15, 0.2) is 5.78 Å². The molecular weight excluding hydrogens is 194 g/mol. The molecule has 4 nitrogen and oxygen atoms in total. The van der Waals surface area contributed by atoms with Gasteiger partial charge in [0.1, 0.15) is 0 Å². The summed E-state index contributed by atoms with van der Waals surface area (Å²) in [6, 6.07) is 5.67. The highest BCUT2D eigenvalue weighted by atomic mass is 16.6. The molecule has 1 aromatic rings. The number of carbonyl (C=O) groups excluding carboxylic acids is 1. The van der Waals surface area contributed by atoms with E-state index in [0.717, 1.165) is 0 Å². The number of nitro benzene ring substituents is 1. The summed E-state index contributed by atoms with van der Waals surface area (Å²) in [4.78, 5) is 20.5. The molecule has 0 unspecified atom stereocenters. The van der Waals surface area contributed by atoms with Crippen LogP contribution in [0.4, 0.5) is 5.69 Å². The Morgan fingerprint density at radius 3 is 2.33 bits per heavy atom. The van der Waals surface area contributed by atoms with Crippen molar-refractivity contribution in [3.63, 3.8) is 0 Å². The summed E-state index contributed by atoms with van der Waals surface area (Å²) >= 11 is 0. The van der Waals surface area contributed by atoms with E-state index in [1.54, 1.807) is 6.07 Å². The fourth-order valence-electron chi connectivity index (χ4n) is 0.838.